The lowest BCUT2D eigenvalue weighted by atomic mass is 9.42. The summed E-state index contributed by atoms with van der Waals surface area (Å²) in [7, 11) is 0. The molecule has 0 heterocycles. The van der Waals surface area contributed by atoms with Crippen LogP contribution in [0.15, 0.2) is 42.5 Å². The number of aromatic hydroxyl groups is 1. The smallest absolute Gasteiger partial charge is 0.230 e. The molecule has 2 aromatic carbocycles. The topological polar surface area (TPSA) is 49.3 Å². The van der Waals surface area contributed by atoms with Crippen LogP contribution in [0.5, 0.6) is 5.75 Å². The van der Waals surface area contributed by atoms with Crippen molar-refractivity contribution >= 4 is 34.8 Å². The number of hydrogen-bond donors (Lipinski definition) is 2. The van der Waals surface area contributed by atoms with Crippen molar-refractivity contribution < 1.29 is 9.90 Å². The molecule has 4 bridgehead atoms. The van der Waals surface area contributed by atoms with Gasteiger partial charge in [-0.3, -0.25) is 4.79 Å². The number of amides is 1. The fourth-order valence-corrected chi connectivity index (χ4v) is 7.04. The van der Waals surface area contributed by atoms with E-state index in [1.807, 2.05) is 12.1 Å². The van der Waals surface area contributed by atoms with Crippen LogP contribution in [0.2, 0.25) is 10.0 Å². The summed E-state index contributed by atoms with van der Waals surface area (Å²) in [5, 5.41) is 13.7. The molecule has 2 atom stereocenters. The van der Waals surface area contributed by atoms with E-state index in [4.69, 9.17) is 23.2 Å². The van der Waals surface area contributed by atoms with E-state index in [0.29, 0.717) is 27.6 Å². The molecule has 3 nitrogen and oxygen atoms in total. The van der Waals surface area contributed by atoms with Crippen LogP contribution in [-0.2, 0) is 10.2 Å². The van der Waals surface area contributed by atoms with E-state index in [1.54, 1.807) is 30.3 Å². The van der Waals surface area contributed by atoms with Crippen molar-refractivity contribution in [2.24, 2.45) is 17.3 Å². The van der Waals surface area contributed by atoms with Crippen molar-refractivity contribution in [2.75, 3.05) is 5.32 Å². The highest BCUT2D eigenvalue weighted by Gasteiger charge is 2.61. The molecule has 4 saturated carbocycles. The van der Waals surface area contributed by atoms with Gasteiger partial charge < -0.3 is 10.4 Å². The molecule has 28 heavy (non-hydrogen) atoms. The van der Waals surface area contributed by atoms with E-state index in [-0.39, 0.29) is 22.5 Å². The Balaban J connectivity index is 1.49. The minimum atomic E-state index is -0.371. The van der Waals surface area contributed by atoms with Crippen molar-refractivity contribution in [2.45, 2.75) is 43.9 Å². The van der Waals surface area contributed by atoms with E-state index in [0.717, 1.165) is 32.1 Å². The first kappa shape index (κ1) is 18.3. The highest BCUT2D eigenvalue weighted by atomic mass is 35.5. The molecule has 2 N–H and O–H groups in total. The van der Waals surface area contributed by atoms with Crippen molar-refractivity contribution in [3.63, 3.8) is 0 Å². The maximum absolute atomic E-state index is 13.5. The number of hydrogen-bond acceptors (Lipinski definition) is 2. The van der Waals surface area contributed by atoms with E-state index in [9.17, 15) is 9.90 Å². The van der Waals surface area contributed by atoms with Gasteiger partial charge in [-0.2, -0.15) is 0 Å². The van der Waals surface area contributed by atoms with Gasteiger partial charge in [0.2, 0.25) is 5.91 Å². The molecule has 1 amide bonds. The number of phenols is 1. The summed E-state index contributed by atoms with van der Waals surface area (Å²) in [5.41, 5.74) is 1.43. The maximum Gasteiger partial charge on any atom is 0.230 e. The molecule has 0 aliphatic heterocycles. The SMILES string of the molecule is O=C(Nc1c(Cl)cccc1Cl)C12CC3CC(C1)CC(c1ccc(O)cc1)(C3)C2. The first-order valence-electron chi connectivity index (χ1n) is 9.94. The zero-order chi connectivity index (χ0) is 19.5. The van der Waals surface area contributed by atoms with Crippen LogP contribution in [0.4, 0.5) is 5.69 Å². The summed E-state index contributed by atoms with van der Waals surface area (Å²) in [5.74, 6) is 1.49. The van der Waals surface area contributed by atoms with Gasteiger partial charge in [-0.05, 0) is 85.6 Å². The van der Waals surface area contributed by atoms with Crippen molar-refractivity contribution in [1.82, 2.24) is 0 Å². The van der Waals surface area contributed by atoms with E-state index in [2.05, 4.69) is 5.32 Å². The van der Waals surface area contributed by atoms with Gasteiger partial charge in [0.1, 0.15) is 5.75 Å². The third-order valence-corrected chi connectivity index (χ3v) is 7.85. The minimum absolute atomic E-state index is 0.0272. The van der Waals surface area contributed by atoms with Crippen molar-refractivity contribution in [3.05, 3.63) is 58.1 Å². The predicted molar refractivity (Wildman–Crippen MR) is 112 cm³/mol. The molecule has 0 saturated heterocycles. The summed E-state index contributed by atoms with van der Waals surface area (Å²) in [4.78, 5) is 13.5. The van der Waals surface area contributed by atoms with Crippen LogP contribution in [0.1, 0.15) is 44.1 Å². The first-order valence-corrected chi connectivity index (χ1v) is 10.7. The van der Waals surface area contributed by atoms with Crippen LogP contribution in [0.3, 0.4) is 0 Å². The predicted octanol–water partition coefficient (Wildman–Crippen LogP) is 6.18. The van der Waals surface area contributed by atoms with Gasteiger partial charge in [-0.25, -0.2) is 0 Å². The molecule has 4 fully saturated rings. The quantitative estimate of drug-likeness (QED) is 0.628. The summed E-state index contributed by atoms with van der Waals surface area (Å²) in [6.45, 7) is 0. The summed E-state index contributed by atoms with van der Waals surface area (Å²) in [6, 6.07) is 12.9. The van der Waals surface area contributed by atoms with Gasteiger partial charge in [0.15, 0.2) is 0 Å². The molecule has 2 aromatic rings. The highest BCUT2D eigenvalue weighted by molar-refractivity contribution is 6.39. The average Bonchev–Trinajstić information content (AvgIpc) is 2.64. The van der Waals surface area contributed by atoms with Gasteiger partial charge in [0.25, 0.3) is 0 Å². The van der Waals surface area contributed by atoms with Crippen LogP contribution < -0.4 is 5.32 Å². The second-order valence-corrected chi connectivity index (χ2v) is 9.93. The number of phenolic OH excluding ortho intramolecular Hbond substituents is 1. The van der Waals surface area contributed by atoms with Gasteiger partial charge in [-0.15, -0.1) is 0 Å². The molecule has 146 valence electrons. The number of halogens is 2. The Kier molecular flexibility index (Phi) is 4.19. The Labute approximate surface area is 175 Å². The largest absolute Gasteiger partial charge is 0.508 e. The third-order valence-electron chi connectivity index (χ3n) is 7.22. The minimum Gasteiger partial charge on any atom is -0.508 e. The van der Waals surface area contributed by atoms with Crippen LogP contribution >= 0.6 is 23.2 Å². The summed E-state index contributed by atoms with van der Waals surface area (Å²) in [6.07, 6.45) is 6.23. The van der Waals surface area contributed by atoms with Gasteiger partial charge in [0, 0.05) is 0 Å². The standard InChI is InChI=1S/C23H23Cl2NO2/c24-18-2-1-3-19(25)20(18)26-21(28)23-11-14-8-15(12-23)10-22(9-14,13-23)16-4-6-17(27)7-5-16/h1-7,14-15,27H,8-13H2,(H,26,28). The van der Waals surface area contributed by atoms with Gasteiger partial charge in [0.05, 0.1) is 21.1 Å². The number of anilines is 1. The lowest BCUT2D eigenvalue weighted by Crippen LogP contribution is -2.58. The van der Waals surface area contributed by atoms with Crippen molar-refractivity contribution in [1.29, 1.82) is 0 Å². The fraction of sp³-hybridized carbons (Fsp3) is 0.435. The number of carbonyl (C=O) groups excluding carboxylic acids is 1. The molecule has 0 spiro atoms. The lowest BCUT2D eigenvalue weighted by Gasteiger charge is -2.61. The Morgan fingerprint density at radius 2 is 1.57 bits per heavy atom. The molecular weight excluding hydrogens is 393 g/mol. The monoisotopic (exact) mass is 415 g/mol. The Hall–Kier alpha value is -1.71. The molecule has 0 radical (unpaired) electrons. The number of carbonyl (C=O) groups is 1. The molecule has 4 aliphatic rings. The molecule has 5 heteroatoms. The maximum atomic E-state index is 13.5. The van der Waals surface area contributed by atoms with Gasteiger partial charge >= 0.3 is 0 Å². The fourth-order valence-electron chi connectivity index (χ4n) is 6.54. The average molecular weight is 416 g/mol. The van der Waals surface area contributed by atoms with E-state index < -0.39 is 0 Å². The number of para-hydroxylation sites is 1. The Morgan fingerprint density at radius 3 is 2.18 bits per heavy atom. The van der Waals surface area contributed by atoms with E-state index >= 15 is 0 Å². The third kappa shape index (κ3) is 2.83. The second kappa shape index (κ2) is 6.40. The van der Waals surface area contributed by atoms with Crippen molar-refractivity contribution in [3.8, 4) is 5.75 Å². The Bertz CT molecular complexity index is 906. The molecule has 2 unspecified atom stereocenters. The zero-order valence-corrected chi connectivity index (χ0v) is 17.1. The molecule has 0 aromatic heterocycles. The number of benzene rings is 2. The van der Waals surface area contributed by atoms with E-state index in [1.165, 1.54) is 12.0 Å². The van der Waals surface area contributed by atoms with Crippen LogP contribution in [-0.4, -0.2) is 11.0 Å². The number of rotatable bonds is 3. The highest BCUT2D eigenvalue weighted by Crippen LogP contribution is 2.66. The first-order chi connectivity index (χ1) is 13.4. The zero-order valence-electron chi connectivity index (χ0n) is 15.6. The lowest BCUT2D eigenvalue weighted by molar-refractivity contribution is -0.143. The molecular formula is C23H23Cl2NO2. The molecule has 4 aliphatic carbocycles. The van der Waals surface area contributed by atoms with Gasteiger partial charge in [-0.1, -0.05) is 41.4 Å². The number of nitrogens with one attached hydrogen (secondary N) is 1. The summed E-state index contributed by atoms with van der Waals surface area (Å²) >= 11 is 12.6. The second-order valence-electron chi connectivity index (χ2n) is 9.12. The summed E-state index contributed by atoms with van der Waals surface area (Å²) < 4.78 is 0. The van der Waals surface area contributed by atoms with Crippen LogP contribution in [0.25, 0.3) is 0 Å². The normalized spacial score (nSPS) is 33.1. The van der Waals surface area contributed by atoms with Crippen LogP contribution in [0, 0.1) is 17.3 Å². The molecule has 6 rings (SSSR count). The Morgan fingerprint density at radius 1 is 0.964 bits per heavy atom.